The molecule has 18 heavy (non-hydrogen) atoms. The highest BCUT2D eigenvalue weighted by molar-refractivity contribution is 5.95. The highest BCUT2D eigenvalue weighted by Gasteiger charge is 2.10. The number of nitrogens with one attached hydrogen (secondary N) is 1. The normalized spacial score (nSPS) is 12.2. The molecule has 5 nitrogen and oxygen atoms in total. The summed E-state index contributed by atoms with van der Waals surface area (Å²) in [4.78, 5) is 11.9. The highest BCUT2D eigenvalue weighted by Crippen LogP contribution is 2.06. The van der Waals surface area contributed by atoms with Gasteiger partial charge in [-0.25, -0.2) is 0 Å². The molecule has 0 aliphatic rings. The van der Waals surface area contributed by atoms with Crippen LogP contribution < -0.4 is 5.32 Å². The third-order valence-electron chi connectivity index (χ3n) is 2.82. The molecule has 5 heteroatoms. The standard InChI is InChI=1S/C13H21N3O2/c1-9(8-17)5-4-6-14-13(18)12-7-10(2)15-16-11(12)3/h7,9,17H,4-6,8H2,1-3H3,(H,14,18). The summed E-state index contributed by atoms with van der Waals surface area (Å²) in [6, 6.07) is 1.74. The molecule has 1 amide bonds. The minimum Gasteiger partial charge on any atom is -0.396 e. The van der Waals surface area contributed by atoms with Crippen LogP contribution >= 0.6 is 0 Å². The summed E-state index contributed by atoms with van der Waals surface area (Å²) in [5.74, 6) is 0.177. The largest absolute Gasteiger partial charge is 0.396 e. The van der Waals surface area contributed by atoms with E-state index in [9.17, 15) is 4.79 Å². The average molecular weight is 251 g/mol. The van der Waals surface area contributed by atoms with Crippen molar-refractivity contribution in [3.05, 3.63) is 23.0 Å². The lowest BCUT2D eigenvalue weighted by Crippen LogP contribution is -2.26. The van der Waals surface area contributed by atoms with Crippen LogP contribution in [-0.2, 0) is 0 Å². The van der Waals surface area contributed by atoms with Crippen LogP contribution in [0, 0.1) is 19.8 Å². The Morgan fingerprint density at radius 2 is 2.17 bits per heavy atom. The lowest BCUT2D eigenvalue weighted by atomic mass is 10.1. The van der Waals surface area contributed by atoms with Crippen LogP contribution in [-0.4, -0.2) is 34.4 Å². The fraction of sp³-hybridized carbons (Fsp3) is 0.615. The number of aromatic nitrogens is 2. The van der Waals surface area contributed by atoms with Gasteiger partial charge in [-0.3, -0.25) is 4.79 Å². The predicted molar refractivity (Wildman–Crippen MR) is 69.3 cm³/mol. The molecule has 0 aliphatic carbocycles. The molecule has 0 aromatic carbocycles. The summed E-state index contributed by atoms with van der Waals surface area (Å²) in [6.45, 7) is 6.38. The van der Waals surface area contributed by atoms with E-state index in [4.69, 9.17) is 5.11 Å². The number of nitrogens with zero attached hydrogens (tertiary/aromatic N) is 2. The van der Waals surface area contributed by atoms with Gasteiger partial charge in [0, 0.05) is 13.2 Å². The summed E-state index contributed by atoms with van der Waals surface area (Å²) in [7, 11) is 0. The second kappa shape index (κ2) is 7.06. The monoisotopic (exact) mass is 251 g/mol. The van der Waals surface area contributed by atoms with Crippen molar-refractivity contribution < 1.29 is 9.90 Å². The summed E-state index contributed by atoms with van der Waals surface area (Å²) >= 11 is 0. The van der Waals surface area contributed by atoms with E-state index >= 15 is 0 Å². The third-order valence-corrected chi connectivity index (χ3v) is 2.82. The van der Waals surface area contributed by atoms with E-state index in [0.29, 0.717) is 17.8 Å². The topological polar surface area (TPSA) is 75.1 Å². The van der Waals surface area contributed by atoms with Crippen molar-refractivity contribution in [3.8, 4) is 0 Å². The SMILES string of the molecule is Cc1cc(C(=O)NCCCC(C)CO)c(C)nn1. The number of aryl methyl sites for hydroxylation is 2. The van der Waals surface area contributed by atoms with Crippen LogP contribution in [0.5, 0.6) is 0 Å². The first-order valence-corrected chi connectivity index (χ1v) is 6.24. The molecular formula is C13H21N3O2. The van der Waals surface area contributed by atoms with Crippen LogP contribution in [0.25, 0.3) is 0 Å². The molecular weight excluding hydrogens is 230 g/mol. The quantitative estimate of drug-likeness (QED) is 0.746. The van der Waals surface area contributed by atoms with E-state index < -0.39 is 0 Å². The van der Waals surface area contributed by atoms with E-state index in [-0.39, 0.29) is 18.4 Å². The van der Waals surface area contributed by atoms with Gasteiger partial charge in [0.2, 0.25) is 0 Å². The van der Waals surface area contributed by atoms with Crippen LogP contribution in [0.1, 0.15) is 41.5 Å². The lowest BCUT2D eigenvalue weighted by molar-refractivity contribution is 0.0950. The number of aliphatic hydroxyl groups excluding tert-OH is 1. The maximum Gasteiger partial charge on any atom is 0.253 e. The van der Waals surface area contributed by atoms with Crippen molar-refractivity contribution in [3.63, 3.8) is 0 Å². The molecule has 0 bridgehead atoms. The first-order valence-electron chi connectivity index (χ1n) is 6.24. The van der Waals surface area contributed by atoms with E-state index in [0.717, 1.165) is 18.5 Å². The molecule has 1 aromatic rings. The summed E-state index contributed by atoms with van der Waals surface area (Å²) in [5, 5.41) is 19.6. The number of rotatable bonds is 6. The van der Waals surface area contributed by atoms with Gasteiger partial charge in [0.25, 0.3) is 5.91 Å². The van der Waals surface area contributed by atoms with Crippen LogP contribution in [0.15, 0.2) is 6.07 Å². The highest BCUT2D eigenvalue weighted by atomic mass is 16.3. The van der Waals surface area contributed by atoms with Gasteiger partial charge in [-0.15, -0.1) is 0 Å². The molecule has 1 unspecified atom stereocenters. The van der Waals surface area contributed by atoms with E-state index in [1.54, 1.807) is 13.0 Å². The first kappa shape index (κ1) is 14.6. The van der Waals surface area contributed by atoms with Crippen molar-refractivity contribution in [1.29, 1.82) is 0 Å². The van der Waals surface area contributed by atoms with Gasteiger partial charge in [0.05, 0.1) is 17.0 Å². The van der Waals surface area contributed by atoms with Crippen LogP contribution in [0.4, 0.5) is 0 Å². The van der Waals surface area contributed by atoms with E-state index in [1.165, 1.54) is 0 Å². The molecule has 0 fully saturated rings. The molecule has 0 saturated carbocycles. The number of aliphatic hydroxyl groups is 1. The van der Waals surface area contributed by atoms with Gasteiger partial charge >= 0.3 is 0 Å². The van der Waals surface area contributed by atoms with Gasteiger partial charge in [-0.2, -0.15) is 10.2 Å². The van der Waals surface area contributed by atoms with Crippen molar-refractivity contribution in [2.24, 2.45) is 5.92 Å². The first-order chi connectivity index (χ1) is 8.54. The minimum absolute atomic E-state index is 0.109. The van der Waals surface area contributed by atoms with E-state index in [2.05, 4.69) is 15.5 Å². The molecule has 0 spiro atoms. The molecule has 100 valence electrons. The zero-order valence-corrected chi connectivity index (χ0v) is 11.2. The van der Waals surface area contributed by atoms with E-state index in [1.807, 2.05) is 13.8 Å². The molecule has 1 heterocycles. The van der Waals surface area contributed by atoms with Crippen molar-refractivity contribution in [2.45, 2.75) is 33.6 Å². The Hall–Kier alpha value is -1.49. The second-order valence-corrected chi connectivity index (χ2v) is 4.67. The van der Waals surface area contributed by atoms with Crippen LogP contribution in [0.2, 0.25) is 0 Å². The summed E-state index contributed by atoms with van der Waals surface area (Å²) < 4.78 is 0. The Labute approximate surface area is 108 Å². The number of carbonyl (C=O) groups is 1. The smallest absolute Gasteiger partial charge is 0.253 e. The van der Waals surface area contributed by atoms with Gasteiger partial charge < -0.3 is 10.4 Å². The zero-order valence-electron chi connectivity index (χ0n) is 11.2. The number of hydrogen-bond donors (Lipinski definition) is 2. The van der Waals surface area contributed by atoms with Gasteiger partial charge in [0.15, 0.2) is 0 Å². The Bertz CT molecular complexity index is 407. The zero-order chi connectivity index (χ0) is 13.5. The van der Waals surface area contributed by atoms with Gasteiger partial charge in [0.1, 0.15) is 0 Å². The maximum atomic E-state index is 11.9. The molecule has 0 radical (unpaired) electrons. The number of carbonyl (C=O) groups excluding carboxylic acids is 1. The molecule has 0 saturated heterocycles. The number of hydrogen-bond acceptors (Lipinski definition) is 4. The third kappa shape index (κ3) is 4.41. The van der Waals surface area contributed by atoms with Crippen molar-refractivity contribution >= 4 is 5.91 Å². The van der Waals surface area contributed by atoms with Gasteiger partial charge in [-0.05, 0) is 38.7 Å². The predicted octanol–water partition coefficient (Wildman–Crippen LogP) is 1.23. The fourth-order valence-electron chi connectivity index (χ4n) is 1.62. The molecule has 2 N–H and O–H groups in total. The number of amides is 1. The van der Waals surface area contributed by atoms with Crippen molar-refractivity contribution in [1.82, 2.24) is 15.5 Å². The minimum atomic E-state index is -0.109. The van der Waals surface area contributed by atoms with Gasteiger partial charge in [-0.1, -0.05) is 6.92 Å². The molecule has 0 aliphatic heterocycles. The Morgan fingerprint density at radius 3 is 2.83 bits per heavy atom. The molecule has 1 rings (SSSR count). The lowest BCUT2D eigenvalue weighted by Gasteiger charge is -2.09. The summed E-state index contributed by atoms with van der Waals surface area (Å²) in [5.41, 5.74) is 1.96. The average Bonchev–Trinajstić information content (AvgIpc) is 2.36. The summed E-state index contributed by atoms with van der Waals surface area (Å²) in [6.07, 6.45) is 1.77. The molecule has 1 aromatic heterocycles. The van der Waals surface area contributed by atoms with Crippen LogP contribution in [0.3, 0.4) is 0 Å². The maximum absolute atomic E-state index is 11.9. The Kier molecular flexibility index (Phi) is 5.71. The molecule has 1 atom stereocenters. The second-order valence-electron chi connectivity index (χ2n) is 4.67. The Balaban J connectivity index is 2.43. The Morgan fingerprint density at radius 1 is 1.44 bits per heavy atom. The fourth-order valence-corrected chi connectivity index (χ4v) is 1.62. The van der Waals surface area contributed by atoms with Crippen molar-refractivity contribution in [2.75, 3.05) is 13.2 Å².